The maximum absolute atomic E-state index is 12.4. The van der Waals surface area contributed by atoms with E-state index in [0.717, 1.165) is 11.3 Å². The van der Waals surface area contributed by atoms with E-state index < -0.39 is 6.03 Å². The quantitative estimate of drug-likeness (QED) is 0.528. The van der Waals surface area contributed by atoms with Crippen molar-refractivity contribution >= 4 is 52.2 Å². The summed E-state index contributed by atoms with van der Waals surface area (Å²) in [5.74, 6) is 0. The molecular weight excluding hydrogens is 407 g/mol. The van der Waals surface area contributed by atoms with Gasteiger partial charge in [0, 0.05) is 5.02 Å². The molecule has 3 rings (SSSR count). The van der Waals surface area contributed by atoms with Crippen LogP contribution >= 0.6 is 34.8 Å². The third-order valence-corrected chi connectivity index (χ3v) is 5.10. The number of rotatable bonds is 4. The number of amides is 2. The van der Waals surface area contributed by atoms with Crippen LogP contribution in [-0.4, -0.2) is 15.8 Å². The smallest absolute Gasteiger partial charge is 0.306 e. The monoisotopic (exact) mass is 422 g/mol. The number of carbonyl (C=O) groups is 1. The van der Waals surface area contributed by atoms with Gasteiger partial charge in [0.05, 0.1) is 39.4 Å². The second-order valence-electron chi connectivity index (χ2n) is 6.01. The van der Waals surface area contributed by atoms with Gasteiger partial charge in [-0.3, -0.25) is 4.68 Å². The van der Waals surface area contributed by atoms with Gasteiger partial charge in [0.15, 0.2) is 0 Å². The number of hydrogen-bond acceptors (Lipinski definition) is 2. The van der Waals surface area contributed by atoms with E-state index in [4.69, 9.17) is 34.8 Å². The molecule has 0 radical (unpaired) electrons. The SMILES string of the molecule is Cc1nn(Cc2cccc(Cl)c2)c(C)c1NC(=O)Nc1cccc(Cl)c1Cl. The summed E-state index contributed by atoms with van der Waals surface area (Å²) in [4.78, 5) is 12.4. The standard InChI is InChI=1S/C19H17Cl3N4O/c1-11-18(24-19(27)23-16-8-4-7-15(21)17(16)22)12(2)26(25-11)10-13-5-3-6-14(20)9-13/h3-9H,10H2,1-2H3,(H2,23,24,27). The first-order valence-electron chi connectivity index (χ1n) is 8.15. The van der Waals surface area contributed by atoms with Crippen molar-refractivity contribution in [3.8, 4) is 0 Å². The second-order valence-corrected chi connectivity index (χ2v) is 7.24. The van der Waals surface area contributed by atoms with Gasteiger partial charge in [0.25, 0.3) is 0 Å². The fourth-order valence-electron chi connectivity index (χ4n) is 2.71. The van der Waals surface area contributed by atoms with Crippen LogP contribution in [0.2, 0.25) is 15.1 Å². The van der Waals surface area contributed by atoms with E-state index in [1.54, 1.807) is 18.2 Å². The molecule has 2 aromatic carbocycles. The molecule has 0 unspecified atom stereocenters. The zero-order valence-electron chi connectivity index (χ0n) is 14.7. The lowest BCUT2D eigenvalue weighted by atomic mass is 10.2. The van der Waals surface area contributed by atoms with E-state index in [9.17, 15) is 4.79 Å². The number of nitrogens with zero attached hydrogens (tertiary/aromatic N) is 2. The van der Waals surface area contributed by atoms with Crippen molar-refractivity contribution in [2.75, 3.05) is 10.6 Å². The lowest BCUT2D eigenvalue weighted by molar-refractivity contribution is 0.262. The molecule has 0 aliphatic heterocycles. The van der Waals surface area contributed by atoms with Gasteiger partial charge in [-0.2, -0.15) is 5.10 Å². The molecule has 0 spiro atoms. The Hall–Kier alpha value is -2.21. The van der Waals surface area contributed by atoms with Gasteiger partial charge in [-0.1, -0.05) is 53.0 Å². The van der Waals surface area contributed by atoms with E-state index in [2.05, 4.69) is 15.7 Å². The Morgan fingerprint density at radius 1 is 1.07 bits per heavy atom. The van der Waals surface area contributed by atoms with E-state index in [1.807, 2.05) is 42.8 Å². The number of hydrogen-bond donors (Lipinski definition) is 2. The predicted octanol–water partition coefficient (Wildman–Crippen LogP) is 6.15. The Kier molecular flexibility index (Phi) is 5.95. The van der Waals surface area contributed by atoms with Gasteiger partial charge < -0.3 is 10.6 Å². The number of urea groups is 1. The minimum absolute atomic E-state index is 0.291. The number of anilines is 2. The van der Waals surface area contributed by atoms with Crippen LogP contribution in [0.15, 0.2) is 42.5 Å². The first-order chi connectivity index (χ1) is 12.8. The van der Waals surface area contributed by atoms with E-state index in [-0.39, 0.29) is 0 Å². The van der Waals surface area contributed by atoms with Crippen LogP contribution in [0.5, 0.6) is 0 Å². The van der Waals surface area contributed by atoms with Crippen molar-refractivity contribution < 1.29 is 4.79 Å². The maximum Gasteiger partial charge on any atom is 0.323 e. The molecule has 0 bridgehead atoms. The van der Waals surface area contributed by atoms with Crippen molar-refractivity contribution in [1.82, 2.24) is 9.78 Å². The molecule has 0 fully saturated rings. The average molecular weight is 424 g/mol. The first-order valence-corrected chi connectivity index (χ1v) is 9.29. The van der Waals surface area contributed by atoms with E-state index >= 15 is 0 Å². The Morgan fingerprint density at radius 2 is 1.81 bits per heavy atom. The van der Waals surface area contributed by atoms with Gasteiger partial charge in [0.1, 0.15) is 0 Å². The third-order valence-electron chi connectivity index (χ3n) is 4.04. The van der Waals surface area contributed by atoms with Crippen LogP contribution in [0.3, 0.4) is 0 Å². The van der Waals surface area contributed by atoms with Gasteiger partial charge >= 0.3 is 6.03 Å². The summed E-state index contributed by atoms with van der Waals surface area (Å²) < 4.78 is 1.82. The highest BCUT2D eigenvalue weighted by Crippen LogP contribution is 2.30. The second kappa shape index (κ2) is 8.21. The number of halogens is 3. The summed E-state index contributed by atoms with van der Waals surface area (Å²) in [5.41, 5.74) is 3.65. The molecule has 1 aromatic heterocycles. The number of aryl methyl sites for hydroxylation is 1. The van der Waals surface area contributed by atoms with Crippen LogP contribution in [0, 0.1) is 13.8 Å². The van der Waals surface area contributed by atoms with Crippen molar-refractivity contribution in [2.24, 2.45) is 0 Å². The Morgan fingerprint density at radius 3 is 2.56 bits per heavy atom. The number of carbonyl (C=O) groups excluding carboxylic acids is 1. The summed E-state index contributed by atoms with van der Waals surface area (Å²) >= 11 is 18.1. The minimum atomic E-state index is -0.423. The molecule has 27 heavy (non-hydrogen) atoms. The highest BCUT2D eigenvalue weighted by molar-refractivity contribution is 6.44. The van der Waals surface area contributed by atoms with Gasteiger partial charge in [0.2, 0.25) is 0 Å². The molecule has 140 valence electrons. The fraction of sp³-hybridized carbons (Fsp3) is 0.158. The van der Waals surface area contributed by atoms with Crippen molar-refractivity contribution in [1.29, 1.82) is 0 Å². The number of aromatic nitrogens is 2. The normalized spacial score (nSPS) is 10.7. The van der Waals surface area contributed by atoms with E-state index in [0.29, 0.717) is 38.7 Å². The molecule has 0 aliphatic rings. The zero-order chi connectivity index (χ0) is 19.6. The average Bonchev–Trinajstić information content (AvgIpc) is 2.86. The molecule has 0 atom stereocenters. The topological polar surface area (TPSA) is 59.0 Å². The highest BCUT2D eigenvalue weighted by atomic mass is 35.5. The molecular formula is C19H17Cl3N4O. The molecule has 2 N–H and O–H groups in total. The van der Waals surface area contributed by atoms with Crippen molar-refractivity contribution in [3.63, 3.8) is 0 Å². The summed E-state index contributed by atoms with van der Waals surface area (Å²) in [6.07, 6.45) is 0. The van der Waals surface area contributed by atoms with Crippen LogP contribution in [0.4, 0.5) is 16.2 Å². The highest BCUT2D eigenvalue weighted by Gasteiger charge is 2.15. The summed E-state index contributed by atoms with van der Waals surface area (Å²) in [6.45, 7) is 4.28. The zero-order valence-corrected chi connectivity index (χ0v) is 17.0. The van der Waals surface area contributed by atoms with Crippen molar-refractivity contribution in [3.05, 3.63) is 74.5 Å². The molecule has 0 saturated carbocycles. The molecule has 3 aromatic rings. The van der Waals surface area contributed by atoms with Crippen LogP contribution in [0.25, 0.3) is 0 Å². The minimum Gasteiger partial charge on any atom is -0.306 e. The summed E-state index contributed by atoms with van der Waals surface area (Å²) in [7, 11) is 0. The predicted molar refractivity (Wildman–Crippen MR) is 111 cm³/mol. The maximum atomic E-state index is 12.4. The first kappa shape index (κ1) is 19.5. The molecule has 2 amide bonds. The molecule has 5 nitrogen and oxygen atoms in total. The largest absolute Gasteiger partial charge is 0.323 e. The van der Waals surface area contributed by atoms with Gasteiger partial charge in [-0.05, 0) is 43.7 Å². The van der Waals surface area contributed by atoms with Gasteiger partial charge in [-0.25, -0.2) is 4.79 Å². The lowest BCUT2D eigenvalue weighted by Gasteiger charge is -2.10. The van der Waals surface area contributed by atoms with E-state index in [1.165, 1.54) is 0 Å². The van der Waals surface area contributed by atoms with Crippen molar-refractivity contribution in [2.45, 2.75) is 20.4 Å². The summed E-state index contributed by atoms with van der Waals surface area (Å²) in [6, 6.07) is 12.2. The van der Waals surface area contributed by atoms with Gasteiger partial charge in [-0.15, -0.1) is 0 Å². The lowest BCUT2D eigenvalue weighted by Crippen LogP contribution is -2.20. The number of benzene rings is 2. The Bertz CT molecular complexity index is 1000. The Labute approximate surface area is 172 Å². The van der Waals surface area contributed by atoms with Crippen LogP contribution < -0.4 is 10.6 Å². The fourth-order valence-corrected chi connectivity index (χ4v) is 3.27. The number of nitrogens with one attached hydrogen (secondary N) is 2. The molecule has 1 heterocycles. The molecule has 0 aliphatic carbocycles. The molecule has 0 saturated heterocycles. The Balaban J connectivity index is 1.76. The molecule has 8 heteroatoms. The van der Waals surface area contributed by atoms with Crippen LogP contribution in [-0.2, 0) is 6.54 Å². The summed E-state index contributed by atoms with van der Waals surface area (Å²) in [5, 5.41) is 11.4. The van der Waals surface area contributed by atoms with Crippen LogP contribution in [0.1, 0.15) is 17.0 Å². The third kappa shape index (κ3) is 4.56.